The van der Waals surface area contributed by atoms with Gasteiger partial charge in [0.15, 0.2) is 5.13 Å². The number of carboxylic acid groups (broad SMARTS) is 2. The number of tetrazole rings is 1. The minimum Gasteiger partial charge on any atom is -0.481 e. The lowest BCUT2D eigenvalue weighted by molar-refractivity contribution is -0.157. The summed E-state index contributed by atoms with van der Waals surface area (Å²) in [4.78, 5) is 61.2. The van der Waals surface area contributed by atoms with Crippen molar-refractivity contribution in [1.82, 2.24) is 44.7 Å². The number of hydrogen-bond acceptors (Lipinski definition) is 16. The fourth-order valence-corrected chi connectivity index (χ4v) is 7.16. The van der Waals surface area contributed by atoms with Crippen LogP contribution in [0.25, 0.3) is 0 Å². The topological polar surface area (TPSA) is 244 Å². The van der Waals surface area contributed by atoms with Crippen molar-refractivity contribution in [1.29, 1.82) is 0 Å². The molecule has 21 heteroatoms. The molecule has 2 aromatic heterocycles. The number of rotatable bonds is 14. The largest absolute Gasteiger partial charge is 0.481 e. The lowest BCUT2D eigenvalue weighted by Crippen LogP contribution is -2.74. The predicted molar refractivity (Wildman–Crippen MR) is 146 cm³/mol. The summed E-state index contributed by atoms with van der Waals surface area (Å²) in [6, 6.07) is -0.975. The van der Waals surface area contributed by atoms with Gasteiger partial charge in [-0.05, 0) is 37.5 Å². The maximum atomic E-state index is 13.0. The van der Waals surface area contributed by atoms with Gasteiger partial charge in [-0.15, -0.1) is 16.9 Å². The number of hydrogen-bond donors (Lipinski definition) is 4. The van der Waals surface area contributed by atoms with E-state index < -0.39 is 52.9 Å². The Balaban J connectivity index is 1.39. The number of fused-ring (bicyclic) bond motifs is 1. The first-order valence-corrected chi connectivity index (χ1v) is 14.8. The van der Waals surface area contributed by atoms with E-state index in [1.807, 2.05) is 19.0 Å². The number of aliphatic carboxylic acids is 2. The highest BCUT2D eigenvalue weighted by atomic mass is 32.2. The van der Waals surface area contributed by atoms with Gasteiger partial charge in [0, 0.05) is 36.1 Å². The standard InChI is InChI=1S/C20H27N11O7S3/c1-29(2)4-3-5-31-19(24-27-28-31)40-9-20(17(36)37)7-30-15(35)12(16(30)39-8-20)22-14(34)11(25-38-6-10(32)33)13-23-18(21)41-26-13/h12,16H,3-9H2,1-2H3,(H,22,34)(H,32,33)(H,36,37)(H2,21,23,26)/t12?,16-,20?/m1/s1. The van der Waals surface area contributed by atoms with Crippen molar-refractivity contribution in [2.45, 2.75) is 29.5 Å². The Hall–Kier alpha value is -3.56. The Bertz CT molecular complexity index is 1340. The second kappa shape index (κ2) is 13.0. The number of nitrogens with one attached hydrogen (secondary N) is 1. The molecule has 4 rings (SSSR count). The number of carboxylic acids is 2. The minimum absolute atomic E-state index is 0.0398. The molecule has 41 heavy (non-hydrogen) atoms. The van der Waals surface area contributed by atoms with Crippen LogP contribution in [0.15, 0.2) is 10.3 Å². The second-order valence-electron chi connectivity index (χ2n) is 9.40. The third-order valence-electron chi connectivity index (χ3n) is 6.05. The average Bonchev–Trinajstić information content (AvgIpc) is 3.56. The zero-order valence-corrected chi connectivity index (χ0v) is 24.3. The molecule has 5 N–H and O–H groups in total. The number of aromatic nitrogens is 6. The summed E-state index contributed by atoms with van der Waals surface area (Å²) in [5.74, 6) is -3.61. The number of thioether (sulfide) groups is 2. The Labute approximate surface area is 245 Å². The van der Waals surface area contributed by atoms with E-state index in [4.69, 9.17) is 10.8 Å². The molecule has 18 nitrogen and oxygen atoms in total. The van der Waals surface area contributed by atoms with Crippen LogP contribution in [0.2, 0.25) is 0 Å². The van der Waals surface area contributed by atoms with Crippen LogP contribution in [-0.4, -0.2) is 136 Å². The first-order chi connectivity index (χ1) is 19.5. The molecule has 2 saturated heterocycles. The molecule has 0 bridgehead atoms. The van der Waals surface area contributed by atoms with E-state index in [1.165, 1.54) is 28.4 Å². The van der Waals surface area contributed by atoms with Crippen molar-refractivity contribution in [3.63, 3.8) is 0 Å². The predicted octanol–water partition coefficient (Wildman–Crippen LogP) is -1.87. The van der Waals surface area contributed by atoms with E-state index in [0.29, 0.717) is 11.7 Å². The third kappa shape index (κ3) is 7.02. The maximum Gasteiger partial charge on any atom is 0.344 e. The van der Waals surface area contributed by atoms with Gasteiger partial charge in [-0.25, -0.2) is 9.48 Å². The van der Waals surface area contributed by atoms with Crippen LogP contribution in [0.4, 0.5) is 5.13 Å². The van der Waals surface area contributed by atoms with E-state index in [-0.39, 0.29) is 29.0 Å². The number of carbonyl (C=O) groups is 4. The lowest BCUT2D eigenvalue weighted by Gasteiger charge is -2.53. The van der Waals surface area contributed by atoms with Crippen LogP contribution >= 0.6 is 35.1 Å². The number of anilines is 1. The number of nitrogen functional groups attached to an aromatic ring is 1. The van der Waals surface area contributed by atoms with Crippen LogP contribution in [0.1, 0.15) is 12.2 Å². The van der Waals surface area contributed by atoms with Gasteiger partial charge in [-0.1, -0.05) is 16.9 Å². The fraction of sp³-hybridized carbons (Fsp3) is 0.600. The summed E-state index contributed by atoms with van der Waals surface area (Å²) in [5, 5.41) is 36.7. The van der Waals surface area contributed by atoms with Crippen LogP contribution < -0.4 is 11.1 Å². The van der Waals surface area contributed by atoms with Gasteiger partial charge >= 0.3 is 11.9 Å². The molecule has 0 aliphatic carbocycles. The van der Waals surface area contributed by atoms with Gasteiger partial charge in [-0.2, -0.15) is 9.36 Å². The zero-order valence-electron chi connectivity index (χ0n) is 21.9. The Morgan fingerprint density at radius 2 is 2.12 bits per heavy atom. The molecule has 0 radical (unpaired) electrons. The highest BCUT2D eigenvalue weighted by Gasteiger charge is 2.57. The number of carbonyl (C=O) groups excluding carboxylic acids is 2. The van der Waals surface area contributed by atoms with Crippen molar-refractivity contribution >= 4 is 69.7 Å². The van der Waals surface area contributed by atoms with Crippen molar-refractivity contribution in [2.75, 3.05) is 51.0 Å². The van der Waals surface area contributed by atoms with Crippen LogP contribution in [0.3, 0.4) is 0 Å². The Kier molecular flexibility index (Phi) is 9.60. The van der Waals surface area contributed by atoms with Crippen molar-refractivity contribution in [2.24, 2.45) is 10.6 Å². The number of nitrogens with zero attached hydrogens (tertiary/aromatic N) is 9. The third-order valence-corrected chi connectivity index (χ3v) is 9.43. The molecule has 2 fully saturated rings. The van der Waals surface area contributed by atoms with Gasteiger partial charge in [0.05, 0.1) is 0 Å². The van der Waals surface area contributed by atoms with Crippen LogP contribution in [0, 0.1) is 5.41 Å². The van der Waals surface area contributed by atoms with Crippen LogP contribution in [-0.2, 0) is 30.6 Å². The molecular weight excluding hydrogens is 602 g/mol. The van der Waals surface area contributed by atoms with Gasteiger partial charge in [0.25, 0.3) is 5.91 Å². The van der Waals surface area contributed by atoms with Crippen molar-refractivity contribution in [3.05, 3.63) is 5.82 Å². The number of nitrogens with two attached hydrogens (primary N) is 1. The number of amides is 2. The van der Waals surface area contributed by atoms with E-state index in [1.54, 1.807) is 4.68 Å². The minimum atomic E-state index is -1.32. The van der Waals surface area contributed by atoms with E-state index in [9.17, 15) is 24.3 Å². The Morgan fingerprint density at radius 1 is 1.34 bits per heavy atom. The second-order valence-corrected chi connectivity index (χ2v) is 12.2. The molecule has 222 valence electrons. The average molecular weight is 630 g/mol. The number of β-lactam (4-membered cyclic amide) rings is 1. The SMILES string of the molecule is CN(C)CCCn1nnnc1SCC1(C(=O)O)CS[C@@H]2C(NC(=O)C(=NOCC(=O)O)c3nsc(N)n3)C(=O)N2C1. The quantitative estimate of drug-likeness (QED) is 0.0773. The summed E-state index contributed by atoms with van der Waals surface area (Å²) in [7, 11) is 3.93. The van der Waals surface area contributed by atoms with Crippen molar-refractivity contribution < 1.29 is 34.2 Å². The molecule has 2 aromatic rings. The van der Waals surface area contributed by atoms with Gasteiger partial charge < -0.3 is 35.9 Å². The van der Waals surface area contributed by atoms with E-state index in [0.717, 1.165) is 24.5 Å². The molecule has 3 atom stereocenters. The molecule has 2 amide bonds. The number of oxime groups is 1. The smallest absolute Gasteiger partial charge is 0.344 e. The normalized spacial score (nSPS) is 22.3. The van der Waals surface area contributed by atoms with Gasteiger partial charge in [-0.3, -0.25) is 14.4 Å². The summed E-state index contributed by atoms with van der Waals surface area (Å²) in [6.07, 6.45) is 0.812. The molecule has 4 heterocycles. The first-order valence-electron chi connectivity index (χ1n) is 12.0. The van der Waals surface area contributed by atoms with E-state index in [2.05, 4.69) is 40.2 Å². The lowest BCUT2D eigenvalue weighted by atomic mass is 9.89. The fourth-order valence-electron chi connectivity index (χ4n) is 3.96. The molecule has 0 aromatic carbocycles. The van der Waals surface area contributed by atoms with Crippen molar-refractivity contribution in [3.8, 4) is 0 Å². The molecule has 0 saturated carbocycles. The van der Waals surface area contributed by atoms with E-state index >= 15 is 0 Å². The summed E-state index contributed by atoms with van der Waals surface area (Å²) in [6.45, 7) is 0.537. The molecule has 0 spiro atoms. The molecule has 2 unspecified atom stereocenters. The van der Waals surface area contributed by atoms with Crippen LogP contribution in [0.5, 0.6) is 0 Å². The molecule has 2 aliphatic heterocycles. The summed E-state index contributed by atoms with van der Waals surface area (Å²) < 4.78 is 5.53. The molecular formula is C20H27N11O7S3. The zero-order chi connectivity index (χ0) is 29.7. The van der Waals surface area contributed by atoms with Gasteiger partial charge in [0.2, 0.25) is 29.2 Å². The Morgan fingerprint density at radius 3 is 2.78 bits per heavy atom. The highest BCUT2D eigenvalue weighted by Crippen LogP contribution is 2.44. The summed E-state index contributed by atoms with van der Waals surface area (Å²) >= 11 is 3.23. The molecule has 2 aliphatic rings. The summed E-state index contributed by atoms with van der Waals surface area (Å²) in [5.41, 5.74) is 3.86. The monoisotopic (exact) mass is 629 g/mol. The first kappa shape index (κ1) is 30.4. The highest BCUT2D eigenvalue weighted by molar-refractivity contribution is 8.00. The van der Waals surface area contributed by atoms with Gasteiger partial charge in [0.1, 0.15) is 16.8 Å². The maximum absolute atomic E-state index is 13.0. The number of aryl methyl sites for hydroxylation is 1.